The lowest BCUT2D eigenvalue weighted by atomic mass is 9.87. The van der Waals surface area contributed by atoms with Crippen molar-refractivity contribution >= 4 is 17.8 Å². The predicted octanol–water partition coefficient (Wildman–Crippen LogP) is 3.53. The third kappa shape index (κ3) is 5.94. The molecule has 28 heavy (non-hydrogen) atoms. The lowest BCUT2D eigenvalue weighted by Crippen LogP contribution is -2.48. The van der Waals surface area contributed by atoms with Gasteiger partial charge in [0.15, 0.2) is 0 Å². The first kappa shape index (κ1) is 21.2. The van der Waals surface area contributed by atoms with E-state index in [4.69, 9.17) is 0 Å². The van der Waals surface area contributed by atoms with Gasteiger partial charge in [0.2, 0.25) is 0 Å². The normalized spacial score (nSPS) is 12.3. The van der Waals surface area contributed by atoms with Gasteiger partial charge in [0.05, 0.1) is 6.04 Å². The number of urea groups is 1. The smallest absolute Gasteiger partial charge is 0.326 e. The fraction of sp³-hybridized carbons (Fsp3) is 0.318. The van der Waals surface area contributed by atoms with Crippen LogP contribution in [0.4, 0.5) is 4.79 Å². The van der Waals surface area contributed by atoms with Crippen molar-refractivity contribution in [1.29, 1.82) is 0 Å². The molecule has 6 nitrogen and oxygen atoms in total. The van der Waals surface area contributed by atoms with Gasteiger partial charge in [0.1, 0.15) is 11.8 Å². The number of hydrogen-bond acceptors (Lipinski definition) is 3. The molecule has 2 aromatic carbocycles. The van der Waals surface area contributed by atoms with Crippen molar-refractivity contribution in [1.82, 2.24) is 10.6 Å². The summed E-state index contributed by atoms with van der Waals surface area (Å²) in [4.78, 5) is 36.3. The van der Waals surface area contributed by atoms with Crippen LogP contribution < -0.4 is 10.6 Å². The van der Waals surface area contributed by atoms with E-state index < -0.39 is 29.5 Å². The number of carbonyl (C=O) groups excluding carboxylic acids is 2. The number of ketones is 1. The zero-order valence-electron chi connectivity index (χ0n) is 16.3. The van der Waals surface area contributed by atoms with E-state index in [1.54, 1.807) is 20.8 Å². The molecule has 0 saturated heterocycles. The highest BCUT2D eigenvalue weighted by molar-refractivity contribution is 5.91. The van der Waals surface area contributed by atoms with E-state index >= 15 is 0 Å². The lowest BCUT2D eigenvalue weighted by molar-refractivity contribution is -0.142. The molecule has 6 heteroatoms. The van der Waals surface area contributed by atoms with Crippen molar-refractivity contribution in [3.63, 3.8) is 0 Å². The lowest BCUT2D eigenvalue weighted by Gasteiger charge is -2.23. The number of amides is 2. The number of nitrogens with one attached hydrogen (secondary N) is 2. The molecule has 0 heterocycles. The summed E-state index contributed by atoms with van der Waals surface area (Å²) < 4.78 is 0. The Labute approximate surface area is 165 Å². The molecule has 1 atom stereocenters. The molecular weight excluding hydrogens is 356 g/mol. The van der Waals surface area contributed by atoms with Crippen molar-refractivity contribution in [2.75, 3.05) is 0 Å². The molecule has 0 aliphatic carbocycles. The zero-order chi connectivity index (χ0) is 20.7. The second-order valence-electron chi connectivity index (χ2n) is 7.64. The Morgan fingerprint density at radius 2 is 1.32 bits per heavy atom. The van der Waals surface area contributed by atoms with E-state index in [1.165, 1.54) is 0 Å². The number of hydrogen-bond donors (Lipinski definition) is 3. The van der Waals surface area contributed by atoms with Gasteiger partial charge < -0.3 is 15.7 Å². The summed E-state index contributed by atoms with van der Waals surface area (Å²) in [5.74, 6) is -1.48. The average molecular weight is 382 g/mol. The van der Waals surface area contributed by atoms with Crippen LogP contribution in [0.15, 0.2) is 60.7 Å². The first-order valence-electron chi connectivity index (χ1n) is 9.11. The Balaban J connectivity index is 2.16. The highest BCUT2D eigenvalue weighted by atomic mass is 16.4. The van der Waals surface area contributed by atoms with Gasteiger partial charge in [-0.15, -0.1) is 0 Å². The molecule has 2 rings (SSSR count). The number of benzene rings is 2. The summed E-state index contributed by atoms with van der Waals surface area (Å²) in [5, 5.41) is 14.7. The third-order valence-electron chi connectivity index (χ3n) is 4.37. The minimum atomic E-state index is -1.29. The number of rotatable bonds is 7. The molecule has 2 amide bonds. The van der Waals surface area contributed by atoms with Gasteiger partial charge in [-0.3, -0.25) is 4.79 Å². The molecule has 0 radical (unpaired) electrons. The van der Waals surface area contributed by atoms with E-state index in [0.29, 0.717) is 0 Å². The molecule has 0 aliphatic heterocycles. The molecule has 0 aliphatic rings. The van der Waals surface area contributed by atoms with E-state index in [1.807, 2.05) is 60.7 Å². The van der Waals surface area contributed by atoms with Gasteiger partial charge in [-0.25, -0.2) is 9.59 Å². The molecule has 1 unspecified atom stereocenters. The number of carboxylic acid groups (broad SMARTS) is 1. The molecule has 3 N–H and O–H groups in total. The summed E-state index contributed by atoms with van der Waals surface area (Å²) in [7, 11) is 0. The number of carboxylic acids is 1. The molecular formula is C22H26N2O4. The largest absolute Gasteiger partial charge is 0.480 e. The van der Waals surface area contributed by atoms with Crippen LogP contribution in [0.1, 0.15) is 44.4 Å². The second kappa shape index (κ2) is 9.17. The first-order valence-corrected chi connectivity index (χ1v) is 9.11. The van der Waals surface area contributed by atoms with Crippen molar-refractivity contribution in [2.45, 2.75) is 39.3 Å². The molecule has 0 spiro atoms. The van der Waals surface area contributed by atoms with E-state index in [9.17, 15) is 19.5 Å². The fourth-order valence-corrected chi connectivity index (χ4v) is 2.67. The molecule has 0 saturated carbocycles. The first-order chi connectivity index (χ1) is 13.2. The summed E-state index contributed by atoms with van der Waals surface area (Å²) in [6, 6.07) is 16.4. The Morgan fingerprint density at radius 1 is 0.857 bits per heavy atom. The van der Waals surface area contributed by atoms with Gasteiger partial charge in [-0.2, -0.15) is 0 Å². The minimum absolute atomic E-state index is 0.233. The molecule has 0 aromatic heterocycles. The average Bonchev–Trinajstić information content (AvgIpc) is 2.66. The van der Waals surface area contributed by atoms with Crippen LogP contribution in [0.3, 0.4) is 0 Å². The Bertz CT molecular complexity index is 774. The van der Waals surface area contributed by atoms with Crippen molar-refractivity contribution in [3.05, 3.63) is 71.8 Å². The van der Waals surface area contributed by atoms with Crippen molar-refractivity contribution in [3.8, 4) is 0 Å². The zero-order valence-corrected chi connectivity index (χ0v) is 16.3. The van der Waals surface area contributed by atoms with Gasteiger partial charge in [0, 0.05) is 11.8 Å². The maximum Gasteiger partial charge on any atom is 0.326 e. The fourth-order valence-electron chi connectivity index (χ4n) is 2.67. The molecule has 0 fully saturated rings. The molecule has 0 bridgehead atoms. The SMILES string of the molecule is CC(C)(C)C(=O)CC(NC(=O)NC(c1ccccc1)c1ccccc1)C(=O)O. The van der Waals surface area contributed by atoms with Crippen molar-refractivity contribution in [2.24, 2.45) is 5.41 Å². The van der Waals surface area contributed by atoms with Crippen LogP contribution in [0, 0.1) is 5.41 Å². The summed E-state index contributed by atoms with van der Waals surface area (Å²) in [5.41, 5.74) is 1.05. The van der Waals surface area contributed by atoms with E-state index in [2.05, 4.69) is 10.6 Å². The maximum absolute atomic E-state index is 12.5. The number of carbonyl (C=O) groups is 3. The number of aliphatic carboxylic acids is 1. The maximum atomic E-state index is 12.5. The number of Topliss-reactive ketones (excluding diaryl/α,β-unsaturated/α-hetero) is 1. The highest BCUT2D eigenvalue weighted by Crippen LogP contribution is 2.22. The summed E-state index contributed by atoms with van der Waals surface area (Å²) in [6.07, 6.45) is -0.270. The van der Waals surface area contributed by atoms with Crippen LogP contribution in [0.2, 0.25) is 0 Å². The molecule has 148 valence electrons. The van der Waals surface area contributed by atoms with Crippen molar-refractivity contribution < 1.29 is 19.5 Å². The highest BCUT2D eigenvalue weighted by Gasteiger charge is 2.30. The predicted molar refractivity (Wildman–Crippen MR) is 107 cm³/mol. The van der Waals surface area contributed by atoms with Gasteiger partial charge >= 0.3 is 12.0 Å². The molecule has 2 aromatic rings. The Morgan fingerprint density at radius 3 is 1.71 bits per heavy atom. The summed E-state index contributed by atoms with van der Waals surface area (Å²) >= 11 is 0. The van der Waals surface area contributed by atoms with Crippen LogP contribution in [-0.2, 0) is 9.59 Å². The van der Waals surface area contributed by atoms with Crippen LogP contribution in [-0.4, -0.2) is 28.9 Å². The van der Waals surface area contributed by atoms with E-state index in [-0.39, 0.29) is 12.2 Å². The van der Waals surface area contributed by atoms with Gasteiger partial charge in [-0.1, -0.05) is 81.4 Å². The van der Waals surface area contributed by atoms with Crippen LogP contribution >= 0.6 is 0 Å². The van der Waals surface area contributed by atoms with Crippen LogP contribution in [0.5, 0.6) is 0 Å². The third-order valence-corrected chi connectivity index (χ3v) is 4.37. The van der Waals surface area contributed by atoms with E-state index in [0.717, 1.165) is 11.1 Å². The monoisotopic (exact) mass is 382 g/mol. The second-order valence-corrected chi connectivity index (χ2v) is 7.64. The van der Waals surface area contributed by atoms with Gasteiger partial charge in [0.25, 0.3) is 0 Å². The standard InChI is InChI=1S/C22H26N2O4/c1-22(2,3)18(25)14-17(20(26)27)23-21(28)24-19(15-10-6-4-7-11-15)16-12-8-5-9-13-16/h4-13,17,19H,14H2,1-3H3,(H,26,27)(H2,23,24,28). The summed E-state index contributed by atoms with van der Waals surface area (Å²) in [6.45, 7) is 5.15. The quantitative estimate of drug-likeness (QED) is 0.683. The van der Waals surface area contributed by atoms with Gasteiger partial charge in [-0.05, 0) is 11.1 Å². The topological polar surface area (TPSA) is 95.5 Å². The minimum Gasteiger partial charge on any atom is -0.480 e. The Hall–Kier alpha value is -3.15. The van der Waals surface area contributed by atoms with Crippen LogP contribution in [0.25, 0.3) is 0 Å². The Kier molecular flexibility index (Phi) is 6.93.